The van der Waals surface area contributed by atoms with Crippen molar-refractivity contribution in [2.45, 2.75) is 45.6 Å². The second-order valence-electron chi connectivity index (χ2n) is 5.54. The van der Waals surface area contributed by atoms with E-state index in [4.69, 9.17) is 9.84 Å². The average molecular weight is 321 g/mol. The topological polar surface area (TPSA) is 75.6 Å². The maximum atomic E-state index is 12.6. The van der Waals surface area contributed by atoms with Crippen LogP contribution in [-0.2, 0) is 9.53 Å². The lowest BCUT2D eigenvalue weighted by molar-refractivity contribution is -0.143. The van der Waals surface area contributed by atoms with Crippen molar-refractivity contribution in [1.82, 2.24) is 5.32 Å². The summed E-state index contributed by atoms with van der Waals surface area (Å²) in [5.41, 5.74) is 1.74. The van der Waals surface area contributed by atoms with Gasteiger partial charge in [-0.1, -0.05) is 38.1 Å². The van der Waals surface area contributed by atoms with Crippen LogP contribution >= 0.6 is 0 Å². The number of carbonyl (C=O) groups is 2. The number of ketones is 1. The average Bonchev–Trinajstić information content (AvgIpc) is 2.57. The van der Waals surface area contributed by atoms with E-state index in [1.54, 1.807) is 19.1 Å². The Bertz CT molecular complexity index is 498. The number of Topliss-reactive ketones (excluding diaryl/α,β-unsaturated/α-hetero) is 1. The van der Waals surface area contributed by atoms with Crippen molar-refractivity contribution in [2.75, 3.05) is 19.8 Å². The van der Waals surface area contributed by atoms with E-state index in [-0.39, 0.29) is 32.0 Å². The first-order chi connectivity index (χ1) is 11.0. The Hall–Kier alpha value is -1.72. The van der Waals surface area contributed by atoms with E-state index in [2.05, 4.69) is 19.2 Å². The number of nitrogens with one attached hydrogen (secondary N) is 1. The smallest absolute Gasteiger partial charge is 0.307 e. The highest BCUT2D eigenvalue weighted by molar-refractivity contribution is 6.01. The van der Waals surface area contributed by atoms with Gasteiger partial charge < -0.3 is 15.2 Å². The Balaban J connectivity index is 2.83. The van der Waals surface area contributed by atoms with E-state index in [0.29, 0.717) is 11.5 Å². The SMILES string of the molecule is CCOC(=O)CC(NCCO)C(=O)c1ccc(C(C)CC)cc1. The van der Waals surface area contributed by atoms with Gasteiger partial charge in [-0.25, -0.2) is 0 Å². The first kappa shape index (κ1) is 19.3. The summed E-state index contributed by atoms with van der Waals surface area (Å²) in [6, 6.07) is 6.81. The Morgan fingerprint density at radius 3 is 2.39 bits per heavy atom. The van der Waals surface area contributed by atoms with Crippen LogP contribution in [0, 0.1) is 0 Å². The van der Waals surface area contributed by atoms with Crippen molar-refractivity contribution >= 4 is 11.8 Å². The van der Waals surface area contributed by atoms with Gasteiger partial charge in [0.15, 0.2) is 5.78 Å². The van der Waals surface area contributed by atoms with E-state index in [9.17, 15) is 9.59 Å². The zero-order valence-corrected chi connectivity index (χ0v) is 14.2. The van der Waals surface area contributed by atoms with Crippen molar-refractivity contribution < 1.29 is 19.4 Å². The molecule has 0 saturated heterocycles. The van der Waals surface area contributed by atoms with Crippen molar-refractivity contribution in [3.63, 3.8) is 0 Å². The summed E-state index contributed by atoms with van der Waals surface area (Å²) in [6.07, 6.45) is 0.997. The molecule has 128 valence electrons. The molecule has 0 aliphatic heterocycles. The summed E-state index contributed by atoms with van der Waals surface area (Å²) in [6.45, 7) is 6.42. The van der Waals surface area contributed by atoms with Gasteiger partial charge in [0.25, 0.3) is 0 Å². The number of carbonyl (C=O) groups excluding carboxylic acids is 2. The predicted molar refractivity (Wildman–Crippen MR) is 89.6 cm³/mol. The molecule has 0 bridgehead atoms. The molecule has 2 unspecified atom stereocenters. The lowest BCUT2D eigenvalue weighted by Crippen LogP contribution is -2.40. The van der Waals surface area contributed by atoms with Gasteiger partial charge in [0.2, 0.25) is 0 Å². The van der Waals surface area contributed by atoms with Crippen LogP contribution in [0.25, 0.3) is 0 Å². The van der Waals surface area contributed by atoms with E-state index >= 15 is 0 Å². The molecule has 0 spiro atoms. The second kappa shape index (κ2) is 10.1. The normalized spacial score (nSPS) is 13.4. The van der Waals surface area contributed by atoms with Crippen molar-refractivity contribution in [3.8, 4) is 0 Å². The molecule has 0 saturated carbocycles. The lowest BCUT2D eigenvalue weighted by Gasteiger charge is -2.17. The standard InChI is InChI=1S/C18H27NO4/c1-4-13(3)14-6-8-15(9-7-14)18(22)16(19-10-11-20)12-17(21)23-5-2/h6-9,13,16,19-20H,4-5,10-12H2,1-3H3. The fourth-order valence-electron chi connectivity index (χ4n) is 2.30. The van der Waals surface area contributed by atoms with E-state index in [0.717, 1.165) is 6.42 Å². The second-order valence-corrected chi connectivity index (χ2v) is 5.54. The van der Waals surface area contributed by atoms with Crippen LogP contribution < -0.4 is 5.32 Å². The zero-order chi connectivity index (χ0) is 17.2. The fraction of sp³-hybridized carbons (Fsp3) is 0.556. The molecule has 0 aliphatic rings. The van der Waals surface area contributed by atoms with Gasteiger partial charge in [0, 0.05) is 12.1 Å². The van der Waals surface area contributed by atoms with Gasteiger partial charge in [0.05, 0.1) is 25.7 Å². The van der Waals surface area contributed by atoms with Gasteiger partial charge in [-0.3, -0.25) is 9.59 Å². The zero-order valence-electron chi connectivity index (χ0n) is 14.2. The van der Waals surface area contributed by atoms with Crippen LogP contribution in [0.5, 0.6) is 0 Å². The highest BCUT2D eigenvalue weighted by Gasteiger charge is 2.23. The van der Waals surface area contributed by atoms with Crippen molar-refractivity contribution in [2.24, 2.45) is 0 Å². The van der Waals surface area contributed by atoms with E-state index in [1.807, 2.05) is 12.1 Å². The minimum absolute atomic E-state index is 0.0419. The number of hydrogen-bond acceptors (Lipinski definition) is 5. The Morgan fingerprint density at radius 2 is 1.87 bits per heavy atom. The molecule has 23 heavy (non-hydrogen) atoms. The Labute approximate surface area is 138 Å². The third kappa shape index (κ3) is 6.12. The Morgan fingerprint density at radius 1 is 1.22 bits per heavy atom. The molecule has 2 N–H and O–H groups in total. The first-order valence-corrected chi connectivity index (χ1v) is 8.17. The molecule has 1 aromatic carbocycles. The molecule has 0 aliphatic carbocycles. The number of aliphatic hydroxyl groups excluding tert-OH is 1. The van der Waals surface area contributed by atoms with Gasteiger partial charge >= 0.3 is 5.97 Å². The van der Waals surface area contributed by atoms with E-state index in [1.165, 1.54) is 5.56 Å². The van der Waals surface area contributed by atoms with Crippen LogP contribution in [0.2, 0.25) is 0 Å². The molecule has 1 rings (SSSR count). The van der Waals surface area contributed by atoms with E-state index < -0.39 is 12.0 Å². The number of ether oxygens (including phenoxy) is 1. The Kier molecular flexibility index (Phi) is 8.51. The predicted octanol–water partition coefficient (Wildman–Crippen LogP) is 2.29. The van der Waals surface area contributed by atoms with Gasteiger partial charge in [-0.05, 0) is 24.8 Å². The molecule has 1 aromatic rings. The lowest BCUT2D eigenvalue weighted by atomic mass is 9.95. The maximum absolute atomic E-state index is 12.6. The number of aliphatic hydroxyl groups is 1. The summed E-state index contributed by atoms with van der Waals surface area (Å²) in [5, 5.41) is 11.8. The van der Waals surface area contributed by atoms with Crippen LogP contribution in [0.1, 0.15) is 55.5 Å². The molecule has 5 heteroatoms. The molecule has 2 atom stereocenters. The van der Waals surface area contributed by atoms with Crippen LogP contribution in [-0.4, -0.2) is 42.7 Å². The molecule has 0 fully saturated rings. The quantitative estimate of drug-likeness (QED) is 0.511. The molecular weight excluding hydrogens is 294 g/mol. The molecule has 0 heterocycles. The summed E-state index contributed by atoms with van der Waals surface area (Å²) >= 11 is 0. The number of rotatable bonds is 10. The summed E-state index contributed by atoms with van der Waals surface area (Å²) in [7, 11) is 0. The molecule has 0 radical (unpaired) electrons. The van der Waals surface area contributed by atoms with Crippen LogP contribution in [0.3, 0.4) is 0 Å². The van der Waals surface area contributed by atoms with Crippen molar-refractivity contribution in [3.05, 3.63) is 35.4 Å². The van der Waals surface area contributed by atoms with Gasteiger partial charge in [0.1, 0.15) is 0 Å². The first-order valence-electron chi connectivity index (χ1n) is 8.17. The van der Waals surface area contributed by atoms with Crippen molar-refractivity contribution in [1.29, 1.82) is 0 Å². The summed E-state index contributed by atoms with van der Waals surface area (Å²) in [5.74, 6) is -0.142. The highest BCUT2D eigenvalue weighted by atomic mass is 16.5. The largest absolute Gasteiger partial charge is 0.466 e. The third-order valence-electron chi connectivity index (χ3n) is 3.87. The third-order valence-corrected chi connectivity index (χ3v) is 3.87. The number of hydrogen-bond donors (Lipinski definition) is 2. The van der Waals surface area contributed by atoms with Crippen LogP contribution in [0.4, 0.5) is 0 Å². The molecule has 0 amide bonds. The number of esters is 1. The molecule has 5 nitrogen and oxygen atoms in total. The van der Waals surface area contributed by atoms with Crippen LogP contribution in [0.15, 0.2) is 24.3 Å². The minimum atomic E-state index is -0.685. The highest BCUT2D eigenvalue weighted by Crippen LogP contribution is 2.19. The maximum Gasteiger partial charge on any atom is 0.307 e. The monoisotopic (exact) mass is 321 g/mol. The van der Waals surface area contributed by atoms with Gasteiger partial charge in [-0.15, -0.1) is 0 Å². The molecule has 0 aromatic heterocycles. The molecular formula is C18H27NO4. The number of benzene rings is 1. The minimum Gasteiger partial charge on any atom is -0.466 e. The summed E-state index contributed by atoms with van der Waals surface area (Å²) < 4.78 is 4.91. The fourth-order valence-corrected chi connectivity index (χ4v) is 2.30. The summed E-state index contributed by atoms with van der Waals surface area (Å²) in [4.78, 5) is 24.2. The van der Waals surface area contributed by atoms with Gasteiger partial charge in [-0.2, -0.15) is 0 Å².